The van der Waals surface area contributed by atoms with Crippen LogP contribution in [-0.2, 0) is 26.2 Å². The van der Waals surface area contributed by atoms with E-state index in [1.54, 1.807) is 30.3 Å². The van der Waals surface area contributed by atoms with Crippen molar-refractivity contribution in [2.45, 2.75) is 43.9 Å². The van der Waals surface area contributed by atoms with Crippen LogP contribution in [0, 0.1) is 13.8 Å². The Balaban J connectivity index is 1.79. The summed E-state index contributed by atoms with van der Waals surface area (Å²) in [5, 5.41) is 10.7. The summed E-state index contributed by atoms with van der Waals surface area (Å²) in [6.45, 7) is 3.45. The van der Waals surface area contributed by atoms with E-state index < -0.39 is 28.1 Å². The molecular weight excluding hydrogens is 437 g/mol. The highest BCUT2D eigenvalue weighted by atomic mass is 35.5. The van der Waals surface area contributed by atoms with E-state index in [0.29, 0.717) is 15.6 Å². The Labute approximate surface area is 180 Å². The van der Waals surface area contributed by atoms with Crippen molar-refractivity contribution in [2.75, 3.05) is 6.54 Å². The number of nitrogens with zero attached hydrogens (tertiary/aromatic N) is 1. The van der Waals surface area contributed by atoms with Gasteiger partial charge in [-0.1, -0.05) is 35.3 Å². The maximum absolute atomic E-state index is 13.1. The number of sulfonamides is 1. The number of carbonyl (C=O) groups is 1. The molecule has 0 spiro atoms. The van der Waals surface area contributed by atoms with Gasteiger partial charge in [0, 0.05) is 13.0 Å². The molecule has 0 bridgehead atoms. The van der Waals surface area contributed by atoms with Gasteiger partial charge in [0.15, 0.2) is 0 Å². The van der Waals surface area contributed by atoms with Gasteiger partial charge in [0.2, 0.25) is 10.0 Å². The average molecular weight is 458 g/mol. The van der Waals surface area contributed by atoms with Gasteiger partial charge in [-0.2, -0.15) is 4.31 Å². The fraction of sp³-hybridized carbons (Fsp3) is 0.350. The standard InChI is InChI=1S/C20H21Cl2NO5S/c1-12-3-5-16(7-13(12)2)29(26,27)23-10-15(24)9-19(23)20(25)28-11-14-4-6-17(21)18(22)8-14/h3-8,15,19,24H,9-11H2,1-2H3. The second kappa shape index (κ2) is 8.62. The Morgan fingerprint density at radius 3 is 2.52 bits per heavy atom. The predicted molar refractivity (Wildman–Crippen MR) is 110 cm³/mol. The minimum atomic E-state index is -3.97. The lowest BCUT2D eigenvalue weighted by atomic mass is 10.1. The lowest BCUT2D eigenvalue weighted by molar-refractivity contribution is -0.148. The number of aliphatic hydroxyl groups is 1. The molecule has 0 radical (unpaired) electrons. The number of ether oxygens (including phenoxy) is 1. The predicted octanol–water partition coefficient (Wildman–Crippen LogP) is 3.48. The van der Waals surface area contributed by atoms with Crippen molar-refractivity contribution in [2.24, 2.45) is 0 Å². The average Bonchev–Trinajstić information content (AvgIpc) is 3.07. The van der Waals surface area contributed by atoms with Crippen molar-refractivity contribution in [3.05, 3.63) is 63.1 Å². The van der Waals surface area contributed by atoms with E-state index >= 15 is 0 Å². The normalized spacial score (nSPS) is 20.0. The van der Waals surface area contributed by atoms with E-state index in [9.17, 15) is 18.3 Å². The van der Waals surface area contributed by atoms with Gasteiger partial charge in [0.25, 0.3) is 0 Å². The number of aliphatic hydroxyl groups excluding tert-OH is 1. The van der Waals surface area contributed by atoms with Gasteiger partial charge in [-0.05, 0) is 54.8 Å². The number of β-amino-alcohol motifs (C(OH)–C–C–N with tert-alkyl or cyclic N) is 1. The SMILES string of the molecule is Cc1ccc(S(=O)(=O)N2CC(O)CC2C(=O)OCc2ccc(Cl)c(Cl)c2)cc1C. The molecule has 1 aliphatic heterocycles. The Kier molecular flexibility index (Phi) is 6.55. The number of hydrogen-bond acceptors (Lipinski definition) is 5. The quantitative estimate of drug-likeness (QED) is 0.694. The zero-order valence-electron chi connectivity index (χ0n) is 15.9. The molecule has 156 valence electrons. The fourth-order valence-corrected chi connectivity index (χ4v) is 5.19. The number of esters is 1. The molecule has 1 fully saturated rings. The van der Waals surface area contributed by atoms with Gasteiger partial charge in [0.05, 0.1) is 21.0 Å². The highest BCUT2D eigenvalue weighted by Gasteiger charge is 2.44. The van der Waals surface area contributed by atoms with Crippen LogP contribution in [-0.4, -0.2) is 42.5 Å². The molecule has 2 aromatic carbocycles. The zero-order chi connectivity index (χ0) is 21.3. The van der Waals surface area contributed by atoms with Gasteiger partial charge < -0.3 is 9.84 Å². The summed E-state index contributed by atoms with van der Waals surface area (Å²) in [5.74, 6) is -0.722. The van der Waals surface area contributed by atoms with Crippen LogP contribution in [0.15, 0.2) is 41.3 Å². The smallest absolute Gasteiger partial charge is 0.324 e. The van der Waals surface area contributed by atoms with E-state index in [0.717, 1.165) is 15.4 Å². The number of carbonyl (C=O) groups excluding carboxylic acids is 1. The second-order valence-electron chi connectivity index (χ2n) is 7.08. The van der Waals surface area contributed by atoms with E-state index in [1.165, 1.54) is 6.07 Å². The number of benzene rings is 2. The van der Waals surface area contributed by atoms with E-state index in [4.69, 9.17) is 27.9 Å². The molecule has 9 heteroatoms. The van der Waals surface area contributed by atoms with Crippen LogP contribution in [0.5, 0.6) is 0 Å². The van der Waals surface area contributed by atoms with Gasteiger partial charge in [-0.25, -0.2) is 8.42 Å². The largest absolute Gasteiger partial charge is 0.460 e. The maximum atomic E-state index is 13.1. The summed E-state index contributed by atoms with van der Waals surface area (Å²) < 4.78 is 32.5. The molecule has 1 saturated heterocycles. The van der Waals surface area contributed by atoms with Crippen LogP contribution in [0.4, 0.5) is 0 Å². The molecule has 0 aliphatic carbocycles. The molecule has 1 aliphatic rings. The van der Waals surface area contributed by atoms with Crippen LogP contribution in [0.25, 0.3) is 0 Å². The summed E-state index contributed by atoms with van der Waals surface area (Å²) in [4.78, 5) is 12.7. The van der Waals surface area contributed by atoms with Crippen LogP contribution in [0.3, 0.4) is 0 Å². The zero-order valence-corrected chi connectivity index (χ0v) is 18.3. The molecule has 1 heterocycles. The molecule has 2 atom stereocenters. The molecule has 0 amide bonds. The van der Waals surface area contributed by atoms with Crippen molar-refractivity contribution in [3.63, 3.8) is 0 Å². The summed E-state index contributed by atoms with van der Waals surface area (Å²) in [6, 6.07) is 8.50. The number of rotatable bonds is 5. The third-order valence-corrected chi connectivity index (χ3v) is 7.57. The van der Waals surface area contributed by atoms with Gasteiger partial charge >= 0.3 is 5.97 Å². The van der Waals surface area contributed by atoms with E-state index in [-0.39, 0.29) is 24.5 Å². The highest BCUT2D eigenvalue weighted by Crippen LogP contribution is 2.29. The molecule has 3 rings (SSSR count). The van der Waals surface area contributed by atoms with Crippen LogP contribution < -0.4 is 0 Å². The summed E-state index contributed by atoms with van der Waals surface area (Å²) in [5.41, 5.74) is 2.41. The molecule has 2 aromatic rings. The Bertz CT molecular complexity index is 1040. The first-order valence-electron chi connectivity index (χ1n) is 8.97. The van der Waals surface area contributed by atoms with Crippen molar-refractivity contribution < 1.29 is 23.1 Å². The molecular formula is C20H21Cl2NO5S. The molecule has 6 nitrogen and oxygen atoms in total. The summed E-state index contributed by atoms with van der Waals surface area (Å²) in [7, 11) is -3.97. The maximum Gasteiger partial charge on any atom is 0.324 e. The van der Waals surface area contributed by atoms with Gasteiger partial charge in [0.1, 0.15) is 12.6 Å². The number of aryl methyl sites for hydroxylation is 2. The Hall–Kier alpha value is -1.64. The molecule has 0 aromatic heterocycles. The van der Waals surface area contributed by atoms with Crippen molar-refractivity contribution in [1.29, 1.82) is 0 Å². The fourth-order valence-electron chi connectivity index (χ4n) is 3.15. The topological polar surface area (TPSA) is 83.9 Å². The van der Waals surface area contributed by atoms with Crippen molar-refractivity contribution >= 4 is 39.2 Å². The van der Waals surface area contributed by atoms with Crippen LogP contribution in [0.1, 0.15) is 23.1 Å². The van der Waals surface area contributed by atoms with Crippen LogP contribution >= 0.6 is 23.2 Å². The third-order valence-electron chi connectivity index (χ3n) is 4.96. The number of halogens is 2. The Morgan fingerprint density at radius 2 is 1.86 bits per heavy atom. The van der Waals surface area contributed by atoms with Crippen LogP contribution in [0.2, 0.25) is 10.0 Å². The second-order valence-corrected chi connectivity index (χ2v) is 9.79. The third kappa shape index (κ3) is 4.75. The Morgan fingerprint density at radius 1 is 1.14 bits per heavy atom. The highest BCUT2D eigenvalue weighted by molar-refractivity contribution is 7.89. The molecule has 29 heavy (non-hydrogen) atoms. The monoisotopic (exact) mass is 457 g/mol. The molecule has 1 N–H and O–H groups in total. The van der Waals surface area contributed by atoms with E-state index in [1.807, 2.05) is 13.8 Å². The van der Waals surface area contributed by atoms with Gasteiger partial charge in [-0.3, -0.25) is 4.79 Å². The summed E-state index contributed by atoms with van der Waals surface area (Å²) >= 11 is 11.8. The lowest BCUT2D eigenvalue weighted by Gasteiger charge is -2.23. The molecule has 0 saturated carbocycles. The van der Waals surface area contributed by atoms with E-state index in [2.05, 4.69) is 0 Å². The van der Waals surface area contributed by atoms with Gasteiger partial charge in [-0.15, -0.1) is 0 Å². The minimum Gasteiger partial charge on any atom is -0.460 e. The minimum absolute atomic E-state index is 0.0235. The van der Waals surface area contributed by atoms with Crippen molar-refractivity contribution in [3.8, 4) is 0 Å². The first kappa shape index (κ1) is 22.1. The molecule has 2 unspecified atom stereocenters. The number of hydrogen-bond donors (Lipinski definition) is 1. The lowest BCUT2D eigenvalue weighted by Crippen LogP contribution is -2.41. The first-order chi connectivity index (χ1) is 13.6. The summed E-state index contributed by atoms with van der Waals surface area (Å²) in [6.07, 6.45) is -0.969. The van der Waals surface area contributed by atoms with Crippen molar-refractivity contribution in [1.82, 2.24) is 4.31 Å². The first-order valence-corrected chi connectivity index (χ1v) is 11.2.